The van der Waals surface area contributed by atoms with E-state index in [1.165, 1.54) is 5.56 Å². The van der Waals surface area contributed by atoms with E-state index in [9.17, 15) is 5.11 Å². The van der Waals surface area contributed by atoms with Gasteiger partial charge in [-0.2, -0.15) is 0 Å². The zero-order chi connectivity index (χ0) is 7.19. The highest BCUT2D eigenvalue weighted by atomic mass is 16.3. The molecule has 1 atom stereocenters. The van der Waals surface area contributed by atoms with Crippen molar-refractivity contribution >= 4 is 0 Å². The molecule has 1 unspecified atom stereocenters. The van der Waals surface area contributed by atoms with Crippen LogP contribution >= 0.6 is 0 Å². The van der Waals surface area contributed by atoms with Crippen LogP contribution in [0, 0.1) is 0 Å². The molecule has 0 fully saturated rings. The van der Waals surface area contributed by atoms with Gasteiger partial charge in [0.2, 0.25) is 0 Å². The van der Waals surface area contributed by atoms with Gasteiger partial charge >= 0.3 is 0 Å². The molecule has 0 saturated carbocycles. The predicted octanol–water partition coefficient (Wildman–Crippen LogP) is 1.45. The van der Waals surface area contributed by atoms with Gasteiger partial charge in [-0.3, -0.25) is 0 Å². The third kappa shape index (κ3) is 0.611. The number of benzene rings is 1. The molecule has 0 bridgehead atoms. The lowest BCUT2D eigenvalue weighted by Crippen LogP contribution is -2.34. The van der Waals surface area contributed by atoms with Crippen molar-refractivity contribution in [1.82, 2.24) is 0 Å². The minimum atomic E-state index is -0.545. The summed E-state index contributed by atoms with van der Waals surface area (Å²) in [6.45, 7) is 1.86. The molecule has 0 radical (unpaired) electrons. The molecule has 0 saturated heterocycles. The van der Waals surface area contributed by atoms with Crippen LogP contribution in [-0.4, -0.2) is 5.11 Å². The Morgan fingerprint density at radius 1 is 1.40 bits per heavy atom. The second-order valence-corrected chi connectivity index (χ2v) is 3.11. The first-order valence-corrected chi connectivity index (χ1v) is 3.51. The second-order valence-electron chi connectivity index (χ2n) is 3.11. The van der Waals surface area contributed by atoms with Gasteiger partial charge in [0.25, 0.3) is 0 Å². The maximum absolute atomic E-state index is 9.57. The number of rotatable bonds is 0. The van der Waals surface area contributed by atoms with Crippen molar-refractivity contribution in [3.63, 3.8) is 0 Å². The lowest BCUT2D eigenvalue weighted by molar-refractivity contribution is 0.0329. The molecule has 1 aromatic carbocycles. The fourth-order valence-corrected chi connectivity index (χ4v) is 1.56. The zero-order valence-corrected chi connectivity index (χ0v) is 5.96. The molecule has 0 aliphatic heterocycles. The third-order valence-electron chi connectivity index (χ3n) is 2.13. The Hall–Kier alpha value is -0.820. The van der Waals surface area contributed by atoms with Crippen molar-refractivity contribution in [1.29, 1.82) is 0 Å². The Labute approximate surface area is 60.3 Å². The molecule has 0 spiro atoms. The molecule has 0 aromatic heterocycles. The highest BCUT2D eigenvalue weighted by Crippen LogP contribution is 2.37. The Bertz CT molecular complexity index is 263. The monoisotopic (exact) mass is 134 g/mol. The highest BCUT2D eigenvalue weighted by molar-refractivity contribution is 5.41. The summed E-state index contributed by atoms with van der Waals surface area (Å²) in [5.41, 5.74) is 1.83. The van der Waals surface area contributed by atoms with Crippen LogP contribution in [-0.2, 0) is 12.0 Å². The van der Waals surface area contributed by atoms with Crippen molar-refractivity contribution in [2.45, 2.75) is 18.9 Å². The first-order chi connectivity index (χ1) is 4.70. The summed E-state index contributed by atoms with van der Waals surface area (Å²) in [6.07, 6.45) is 0.809. The summed E-state index contributed by atoms with van der Waals surface area (Å²) in [6, 6.07) is 8.02. The van der Waals surface area contributed by atoms with Gasteiger partial charge in [-0.15, -0.1) is 0 Å². The number of hydrogen-bond acceptors (Lipinski definition) is 1. The predicted molar refractivity (Wildman–Crippen MR) is 39.7 cm³/mol. The molecule has 2 rings (SSSR count). The van der Waals surface area contributed by atoms with E-state index in [0.717, 1.165) is 12.0 Å². The lowest BCUT2D eigenvalue weighted by atomic mass is 9.75. The van der Waals surface area contributed by atoms with E-state index in [1.807, 2.05) is 25.1 Å². The maximum Gasteiger partial charge on any atom is 0.0911 e. The van der Waals surface area contributed by atoms with Gasteiger partial charge in [0, 0.05) is 6.42 Å². The summed E-state index contributed by atoms with van der Waals surface area (Å²) in [5.74, 6) is 0. The van der Waals surface area contributed by atoms with E-state index < -0.39 is 5.60 Å². The Morgan fingerprint density at radius 2 is 2.10 bits per heavy atom. The molecule has 1 aliphatic rings. The zero-order valence-electron chi connectivity index (χ0n) is 5.96. The summed E-state index contributed by atoms with van der Waals surface area (Å²) < 4.78 is 0. The van der Waals surface area contributed by atoms with Gasteiger partial charge in [0.05, 0.1) is 5.60 Å². The van der Waals surface area contributed by atoms with E-state index in [-0.39, 0.29) is 0 Å². The fraction of sp³-hybridized carbons (Fsp3) is 0.333. The quantitative estimate of drug-likeness (QED) is 0.569. The number of hydrogen-bond donors (Lipinski definition) is 1. The average Bonchev–Trinajstić information content (AvgIpc) is 1.86. The minimum absolute atomic E-state index is 0.545. The fourth-order valence-electron chi connectivity index (χ4n) is 1.56. The van der Waals surface area contributed by atoms with Crippen molar-refractivity contribution in [3.05, 3.63) is 35.4 Å². The Morgan fingerprint density at radius 3 is 2.60 bits per heavy atom. The topological polar surface area (TPSA) is 20.2 Å². The van der Waals surface area contributed by atoms with Gasteiger partial charge in [0.15, 0.2) is 0 Å². The molecule has 1 nitrogen and oxygen atoms in total. The molecule has 1 heteroatoms. The molecule has 0 heterocycles. The summed E-state index contributed by atoms with van der Waals surface area (Å²) in [5, 5.41) is 9.57. The highest BCUT2D eigenvalue weighted by Gasteiger charge is 2.35. The van der Waals surface area contributed by atoms with E-state index in [0.29, 0.717) is 0 Å². The van der Waals surface area contributed by atoms with Gasteiger partial charge in [-0.1, -0.05) is 24.3 Å². The SMILES string of the molecule is CC1(O)Cc2ccccc21. The maximum atomic E-state index is 9.57. The summed E-state index contributed by atoms with van der Waals surface area (Å²) in [7, 11) is 0. The standard InChI is InChI=1S/C9H10O/c1-9(10)6-7-4-2-3-5-8(7)9/h2-5,10H,6H2,1H3. The Balaban J connectivity index is 2.53. The molecule has 1 N–H and O–H groups in total. The van der Waals surface area contributed by atoms with E-state index >= 15 is 0 Å². The van der Waals surface area contributed by atoms with Crippen LogP contribution in [0.3, 0.4) is 0 Å². The smallest absolute Gasteiger partial charge is 0.0911 e. The normalized spacial score (nSPS) is 29.0. The number of fused-ring (bicyclic) bond motifs is 1. The van der Waals surface area contributed by atoms with Gasteiger partial charge in [0.1, 0.15) is 0 Å². The van der Waals surface area contributed by atoms with Crippen molar-refractivity contribution in [2.75, 3.05) is 0 Å². The van der Waals surface area contributed by atoms with Crippen LogP contribution in [0.25, 0.3) is 0 Å². The third-order valence-corrected chi connectivity index (χ3v) is 2.13. The largest absolute Gasteiger partial charge is 0.385 e. The molecule has 52 valence electrons. The van der Waals surface area contributed by atoms with Crippen LogP contribution in [0.4, 0.5) is 0 Å². The average molecular weight is 134 g/mol. The summed E-state index contributed by atoms with van der Waals surface area (Å²) >= 11 is 0. The Kier molecular flexibility index (Phi) is 0.955. The first kappa shape index (κ1) is 5.93. The summed E-state index contributed by atoms with van der Waals surface area (Å²) in [4.78, 5) is 0. The van der Waals surface area contributed by atoms with Crippen LogP contribution < -0.4 is 0 Å². The minimum Gasteiger partial charge on any atom is -0.385 e. The molecule has 1 aliphatic carbocycles. The number of aliphatic hydroxyl groups is 1. The molecular formula is C9H10O. The lowest BCUT2D eigenvalue weighted by Gasteiger charge is -2.35. The van der Waals surface area contributed by atoms with Crippen molar-refractivity contribution < 1.29 is 5.11 Å². The first-order valence-electron chi connectivity index (χ1n) is 3.51. The van der Waals surface area contributed by atoms with Crippen LogP contribution in [0.1, 0.15) is 18.1 Å². The van der Waals surface area contributed by atoms with E-state index in [2.05, 4.69) is 6.07 Å². The second kappa shape index (κ2) is 1.61. The van der Waals surface area contributed by atoms with Gasteiger partial charge < -0.3 is 5.11 Å². The van der Waals surface area contributed by atoms with E-state index in [1.54, 1.807) is 0 Å². The molecular weight excluding hydrogens is 124 g/mol. The van der Waals surface area contributed by atoms with Crippen LogP contribution in [0.15, 0.2) is 24.3 Å². The molecule has 10 heavy (non-hydrogen) atoms. The van der Waals surface area contributed by atoms with Gasteiger partial charge in [-0.25, -0.2) is 0 Å². The van der Waals surface area contributed by atoms with Crippen molar-refractivity contribution in [3.8, 4) is 0 Å². The van der Waals surface area contributed by atoms with Crippen LogP contribution in [0.2, 0.25) is 0 Å². The van der Waals surface area contributed by atoms with E-state index in [4.69, 9.17) is 0 Å². The van der Waals surface area contributed by atoms with Crippen LogP contribution in [0.5, 0.6) is 0 Å². The molecule has 1 aromatic rings. The van der Waals surface area contributed by atoms with Gasteiger partial charge in [-0.05, 0) is 18.1 Å². The van der Waals surface area contributed by atoms with Crippen molar-refractivity contribution in [2.24, 2.45) is 0 Å². The molecule has 0 amide bonds.